The first-order valence-corrected chi connectivity index (χ1v) is 12.3. The predicted octanol–water partition coefficient (Wildman–Crippen LogP) is 1.98. The van der Waals surface area contributed by atoms with Crippen molar-refractivity contribution >= 4 is 11.8 Å². The Morgan fingerprint density at radius 3 is 2.38 bits per heavy atom. The zero-order chi connectivity index (χ0) is 22.2. The molecule has 32 heavy (non-hydrogen) atoms. The zero-order valence-electron chi connectivity index (χ0n) is 19.0. The van der Waals surface area contributed by atoms with Crippen molar-refractivity contribution in [2.45, 2.75) is 76.4 Å². The van der Waals surface area contributed by atoms with E-state index in [1.807, 2.05) is 9.80 Å². The smallest absolute Gasteiger partial charge is 0.254 e. The molecule has 174 valence electrons. The second-order valence-electron chi connectivity index (χ2n) is 9.99. The quantitative estimate of drug-likeness (QED) is 0.769. The molecule has 3 heterocycles. The van der Waals surface area contributed by atoms with Gasteiger partial charge >= 0.3 is 0 Å². The summed E-state index contributed by atoms with van der Waals surface area (Å²) in [6, 6.07) is 0. The van der Waals surface area contributed by atoms with Crippen molar-refractivity contribution < 1.29 is 14.3 Å². The molecule has 4 aliphatic rings. The van der Waals surface area contributed by atoms with Gasteiger partial charge in [0, 0.05) is 50.1 Å². The second-order valence-corrected chi connectivity index (χ2v) is 9.99. The minimum atomic E-state index is -0.0802. The monoisotopic (exact) mass is 442 g/mol. The number of fused-ring (bicyclic) bond motifs is 1. The summed E-state index contributed by atoms with van der Waals surface area (Å²) in [6.07, 6.45) is 8.42. The molecule has 2 aliphatic heterocycles. The standard InChI is InChI=1S/C24H34N4O4/c1-32-18-7-5-16(6-8-18)24(31)27-11-9-17(13-27)21-25-20-14-28(23(30)15-3-2-4-15)12-10-19(20)22(29)26-21/h15-18H,2-14H2,1H3,(H,25,26,29). The summed E-state index contributed by atoms with van der Waals surface area (Å²) < 4.78 is 5.43. The Morgan fingerprint density at radius 1 is 0.969 bits per heavy atom. The number of carbonyl (C=O) groups is 2. The lowest BCUT2D eigenvalue weighted by atomic mass is 9.84. The van der Waals surface area contributed by atoms with Crippen molar-refractivity contribution in [3.05, 3.63) is 27.4 Å². The van der Waals surface area contributed by atoms with Crippen LogP contribution in [0.25, 0.3) is 0 Å². The lowest BCUT2D eigenvalue weighted by Crippen LogP contribution is -2.43. The maximum Gasteiger partial charge on any atom is 0.254 e. The Kier molecular flexibility index (Phi) is 6.05. The average Bonchev–Trinajstić information content (AvgIpc) is 3.27. The molecule has 1 atom stereocenters. The Bertz CT molecular complexity index is 932. The molecular formula is C24H34N4O4. The van der Waals surface area contributed by atoms with E-state index >= 15 is 0 Å². The average molecular weight is 443 g/mol. The van der Waals surface area contributed by atoms with E-state index in [0.717, 1.165) is 57.1 Å². The van der Waals surface area contributed by atoms with Gasteiger partial charge in [-0.25, -0.2) is 4.98 Å². The molecule has 1 N–H and O–H groups in total. The van der Waals surface area contributed by atoms with Gasteiger partial charge in [0.2, 0.25) is 11.8 Å². The number of carbonyl (C=O) groups excluding carboxylic acids is 2. The molecule has 2 aliphatic carbocycles. The van der Waals surface area contributed by atoms with Crippen LogP contribution in [0.4, 0.5) is 0 Å². The lowest BCUT2D eigenvalue weighted by molar-refractivity contribution is -0.139. The molecule has 2 amide bonds. The third-order valence-electron chi connectivity index (χ3n) is 8.10. The van der Waals surface area contributed by atoms with Gasteiger partial charge in [-0.2, -0.15) is 0 Å². The number of amides is 2. The summed E-state index contributed by atoms with van der Waals surface area (Å²) >= 11 is 0. The summed E-state index contributed by atoms with van der Waals surface area (Å²) in [6.45, 7) is 2.35. The number of methoxy groups -OCH3 is 1. The lowest BCUT2D eigenvalue weighted by Gasteiger charge is -2.34. The molecule has 5 rings (SSSR count). The summed E-state index contributed by atoms with van der Waals surface area (Å²) in [4.78, 5) is 50.1. The second kappa shape index (κ2) is 8.96. The highest BCUT2D eigenvalue weighted by Gasteiger charge is 2.36. The fourth-order valence-electron chi connectivity index (χ4n) is 5.74. The van der Waals surface area contributed by atoms with Crippen LogP contribution in [-0.4, -0.2) is 64.4 Å². The maximum atomic E-state index is 13.0. The van der Waals surface area contributed by atoms with E-state index in [1.54, 1.807) is 7.11 Å². The first kappa shape index (κ1) is 21.6. The van der Waals surface area contributed by atoms with Gasteiger partial charge < -0.3 is 19.5 Å². The number of hydrogen-bond acceptors (Lipinski definition) is 5. The molecule has 0 aromatic carbocycles. The molecule has 1 aromatic rings. The number of nitrogens with one attached hydrogen (secondary N) is 1. The van der Waals surface area contributed by atoms with Gasteiger partial charge in [0.25, 0.3) is 5.56 Å². The van der Waals surface area contributed by atoms with Crippen LogP contribution in [0.15, 0.2) is 4.79 Å². The first-order chi connectivity index (χ1) is 15.5. The van der Waals surface area contributed by atoms with Gasteiger partial charge in [-0.1, -0.05) is 6.42 Å². The van der Waals surface area contributed by atoms with E-state index in [-0.39, 0.29) is 41.2 Å². The number of aromatic amines is 1. The van der Waals surface area contributed by atoms with Crippen LogP contribution >= 0.6 is 0 Å². The van der Waals surface area contributed by atoms with Crippen LogP contribution in [0.1, 0.15) is 74.4 Å². The Hall–Kier alpha value is -2.22. The van der Waals surface area contributed by atoms with Crippen LogP contribution in [0.3, 0.4) is 0 Å². The van der Waals surface area contributed by atoms with Gasteiger partial charge in [-0.15, -0.1) is 0 Å². The van der Waals surface area contributed by atoms with Gasteiger partial charge in [0.05, 0.1) is 18.3 Å². The predicted molar refractivity (Wildman–Crippen MR) is 118 cm³/mol. The highest BCUT2D eigenvalue weighted by molar-refractivity contribution is 5.80. The van der Waals surface area contributed by atoms with Crippen LogP contribution in [0.5, 0.6) is 0 Å². The van der Waals surface area contributed by atoms with Crippen molar-refractivity contribution in [1.29, 1.82) is 0 Å². The molecule has 8 nitrogen and oxygen atoms in total. The van der Waals surface area contributed by atoms with E-state index < -0.39 is 0 Å². The normalized spacial score (nSPS) is 28.3. The number of rotatable bonds is 4. The molecule has 0 radical (unpaired) electrons. The molecule has 3 fully saturated rings. The van der Waals surface area contributed by atoms with Crippen molar-refractivity contribution in [1.82, 2.24) is 19.8 Å². The number of H-pyrrole nitrogens is 1. The van der Waals surface area contributed by atoms with Gasteiger partial charge in [0.15, 0.2) is 0 Å². The third kappa shape index (κ3) is 4.09. The Balaban J connectivity index is 1.25. The maximum absolute atomic E-state index is 13.0. The van der Waals surface area contributed by atoms with Gasteiger partial charge in [0.1, 0.15) is 5.82 Å². The fraction of sp³-hybridized carbons (Fsp3) is 0.750. The van der Waals surface area contributed by atoms with Crippen LogP contribution < -0.4 is 5.56 Å². The Morgan fingerprint density at radius 2 is 1.69 bits per heavy atom. The van der Waals surface area contributed by atoms with Crippen molar-refractivity contribution in [3.8, 4) is 0 Å². The highest BCUT2D eigenvalue weighted by Crippen LogP contribution is 2.32. The molecule has 1 aromatic heterocycles. The molecule has 0 spiro atoms. The number of ether oxygens (including phenoxy) is 1. The summed E-state index contributed by atoms with van der Waals surface area (Å²) in [5.41, 5.74) is 1.38. The molecule has 1 unspecified atom stereocenters. The molecule has 0 bridgehead atoms. The minimum Gasteiger partial charge on any atom is -0.381 e. The summed E-state index contributed by atoms with van der Waals surface area (Å²) in [5, 5.41) is 0. The van der Waals surface area contributed by atoms with Crippen LogP contribution in [0.2, 0.25) is 0 Å². The number of nitrogens with zero attached hydrogens (tertiary/aromatic N) is 3. The van der Waals surface area contributed by atoms with E-state index in [2.05, 4.69) is 4.98 Å². The van der Waals surface area contributed by atoms with Crippen LogP contribution in [-0.2, 0) is 27.3 Å². The molecule has 8 heteroatoms. The largest absolute Gasteiger partial charge is 0.381 e. The van der Waals surface area contributed by atoms with E-state index in [1.165, 1.54) is 0 Å². The number of hydrogen-bond donors (Lipinski definition) is 1. The third-order valence-corrected chi connectivity index (χ3v) is 8.10. The molecular weight excluding hydrogens is 408 g/mol. The molecule has 2 saturated carbocycles. The first-order valence-electron chi connectivity index (χ1n) is 12.3. The van der Waals surface area contributed by atoms with Crippen molar-refractivity contribution in [2.24, 2.45) is 11.8 Å². The van der Waals surface area contributed by atoms with Crippen LogP contribution in [0, 0.1) is 11.8 Å². The van der Waals surface area contributed by atoms with E-state index in [9.17, 15) is 14.4 Å². The van der Waals surface area contributed by atoms with E-state index in [4.69, 9.17) is 9.72 Å². The highest BCUT2D eigenvalue weighted by atomic mass is 16.5. The summed E-state index contributed by atoms with van der Waals surface area (Å²) in [5.74, 6) is 1.41. The minimum absolute atomic E-state index is 0.0463. The molecule has 1 saturated heterocycles. The van der Waals surface area contributed by atoms with Gasteiger partial charge in [-0.05, 0) is 51.4 Å². The fourth-order valence-corrected chi connectivity index (χ4v) is 5.74. The van der Waals surface area contributed by atoms with Crippen molar-refractivity contribution in [2.75, 3.05) is 26.7 Å². The van der Waals surface area contributed by atoms with Crippen molar-refractivity contribution in [3.63, 3.8) is 0 Å². The SMILES string of the molecule is COC1CCC(C(=O)N2CCC(c3nc4c(c(=O)[nH]3)CCN(C(=O)C3CCC3)C4)C2)CC1. The number of likely N-dealkylation sites (tertiary alicyclic amines) is 1. The topological polar surface area (TPSA) is 95.6 Å². The van der Waals surface area contributed by atoms with Gasteiger partial charge in [-0.3, -0.25) is 14.4 Å². The Labute approximate surface area is 188 Å². The summed E-state index contributed by atoms with van der Waals surface area (Å²) in [7, 11) is 1.74. The number of aromatic nitrogens is 2. The van der Waals surface area contributed by atoms with E-state index in [0.29, 0.717) is 44.0 Å². The zero-order valence-corrected chi connectivity index (χ0v) is 19.0.